The van der Waals surface area contributed by atoms with Crippen LogP contribution >= 0.6 is 0 Å². The molecule has 1 aliphatic heterocycles. The van der Waals surface area contributed by atoms with Gasteiger partial charge in [-0.15, -0.1) is 0 Å². The molecule has 3 nitrogen and oxygen atoms in total. The lowest BCUT2D eigenvalue weighted by Crippen LogP contribution is -2.29. The van der Waals surface area contributed by atoms with Crippen molar-refractivity contribution in [3.8, 4) is 5.75 Å². The molecule has 0 aromatic heterocycles. The SMILES string of the molecule is CCCN1CCC(CNC)C1c1cccc(OC(C)C)c1. The lowest BCUT2D eigenvalue weighted by atomic mass is 9.93. The molecule has 1 aliphatic rings. The summed E-state index contributed by atoms with van der Waals surface area (Å²) in [4.78, 5) is 2.64. The van der Waals surface area contributed by atoms with Crippen LogP contribution in [0.1, 0.15) is 45.2 Å². The van der Waals surface area contributed by atoms with E-state index in [0.29, 0.717) is 12.0 Å². The molecule has 1 heterocycles. The molecule has 0 aliphatic carbocycles. The monoisotopic (exact) mass is 290 g/mol. The van der Waals surface area contributed by atoms with Gasteiger partial charge < -0.3 is 10.1 Å². The highest BCUT2D eigenvalue weighted by Gasteiger charge is 2.34. The van der Waals surface area contributed by atoms with Gasteiger partial charge in [0.2, 0.25) is 0 Å². The third-order valence-electron chi connectivity index (χ3n) is 4.18. The Hall–Kier alpha value is -1.06. The third-order valence-corrected chi connectivity index (χ3v) is 4.18. The van der Waals surface area contributed by atoms with E-state index in [1.165, 1.54) is 31.5 Å². The van der Waals surface area contributed by atoms with Crippen molar-refractivity contribution in [1.82, 2.24) is 10.2 Å². The van der Waals surface area contributed by atoms with Crippen molar-refractivity contribution in [2.24, 2.45) is 5.92 Å². The maximum atomic E-state index is 5.87. The van der Waals surface area contributed by atoms with Crippen molar-refractivity contribution >= 4 is 0 Å². The molecule has 1 N–H and O–H groups in total. The zero-order valence-corrected chi connectivity index (χ0v) is 13.9. The van der Waals surface area contributed by atoms with Crippen LogP contribution in [0.3, 0.4) is 0 Å². The summed E-state index contributed by atoms with van der Waals surface area (Å²) in [6.45, 7) is 9.89. The highest BCUT2D eigenvalue weighted by atomic mass is 16.5. The van der Waals surface area contributed by atoms with Gasteiger partial charge in [-0.25, -0.2) is 0 Å². The molecule has 1 aromatic rings. The number of rotatable bonds is 7. The largest absolute Gasteiger partial charge is 0.491 e. The highest BCUT2D eigenvalue weighted by molar-refractivity contribution is 5.32. The van der Waals surface area contributed by atoms with Gasteiger partial charge in [0.05, 0.1) is 6.10 Å². The van der Waals surface area contributed by atoms with Crippen LogP contribution in [0.2, 0.25) is 0 Å². The van der Waals surface area contributed by atoms with Crippen molar-refractivity contribution in [1.29, 1.82) is 0 Å². The Morgan fingerprint density at radius 2 is 2.19 bits per heavy atom. The fourth-order valence-electron chi connectivity index (χ4n) is 3.47. The minimum atomic E-state index is 0.226. The Morgan fingerprint density at radius 1 is 1.38 bits per heavy atom. The molecule has 0 amide bonds. The number of nitrogens with one attached hydrogen (secondary N) is 1. The molecule has 2 unspecified atom stereocenters. The van der Waals surface area contributed by atoms with Crippen molar-refractivity contribution < 1.29 is 4.74 Å². The zero-order valence-electron chi connectivity index (χ0n) is 13.9. The summed E-state index contributed by atoms with van der Waals surface area (Å²) in [5.74, 6) is 1.69. The molecule has 0 radical (unpaired) electrons. The number of hydrogen-bond acceptors (Lipinski definition) is 3. The van der Waals surface area contributed by atoms with Gasteiger partial charge in [0.1, 0.15) is 5.75 Å². The number of benzene rings is 1. The van der Waals surface area contributed by atoms with Gasteiger partial charge in [0, 0.05) is 6.04 Å². The topological polar surface area (TPSA) is 24.5 Å². The predicted octanol–water partition coefficient (Wildman–Crippen LogP) is 3.47. The van der Waals surface area contributed by atoms with E-state index in [0.717, 1.165) is 12.3 Å². The Kier molecular flexibility index (Phi) is 6.07. The summed E-state index contributed by atoms with van der Waals surface area (Å²) < 4.78 is 5.87. The minimum Gasteiger partial charge on any atom is -0.491 e. The van der Waals surface area contributed by atoms with E-state index in [-0.39, 0.29) is 6.10 Å². The standard InChI is InChI=1S/C18H30N2O/c1-5-10-20-11-9-16(13-19-4)18(20)15-7-6-8-17(12-15)21-14(2)3/h6-8,12,14,16,18-19H,5,9-11,13H2,1-4H3. The van der Waals surface area contributed by atoms with Gasteiger partial charge in [0.15, 0.2) is 0 Å². The molecule has 0 saturated carbocycles. The van der Waals surface area contributed by atoms with Crippen molar-refractivity contribution in [3.63, 3.8) is 0 Å². The Morgan fingerprint density at radius 3 is 2.86 bits per heavy atom. The first-order chi connectivity index (χ1) is 10.2. The van der Waals surface area contributed by atoms with Crippen LogP contribution in [0, 0.1) is 5.92 Å². The molecule has 3 heteroatoms. The maximum Gasteiger partial charge on any atom is 0.120 e. The third kappa shape index (κ3) is 4.21. The van der Waals surface area contributed by atoms with E-state index in [4.69, 9.17) is 4.74 Å². The van der Waals surface area contributed by atoms with Crippen LogP contribution < -0.4 is 10.1 Å². The first-order valence-electron chi connectivity index (χ1n) is 8.31. The van der Waals surface area contributed by atoms with Gasteiger partial charge in [0.25, 0.3) is 0 Å². The Bertz CT molecular complexity index is 419. The highest BCUT2D eigenvalue weighted by Crippen LogP contribution is 2.38. The molecule has 2 rings (SSSR count). The summed E-state index contributed by atoms with van der Waals surface area (Å²) in [7, 11) is 2.05. The van der Waals surface area contributed by atoms with Crippen molar-refractivity contribution in [3.05, 3.63) is 29.8 Å². The molecule has 1 fully saturated rings. The Balaban J connectivity index is 2.21. The summed E-state index contributed by atoms with van der Waals surface area (Å²) in [6.07, 6.45) is 2.72. The average molecular weight is 290 g/mol. The van der Waals surface area contributed by atoms with E-state index in [1.54, 1.807) is 0 Å². The second kappa shape index (κ2) is 7.81. The normalized spacial score (nSPS) is 22.9. The van der Waals surface area contributed by atoms with Crippen LogP contribution in [0.15, 0.2) is 24.3 Å². The van der Waals surface area contributed by atoms with Gasteiger partial charge in [-0.3, -0.25) is 4.90 Å². The van der Waals surface area contributed by atoms with Gasteiger partial charge in [-0.1, -0.05) is 19.1 Å². The summed E-state index contributed by atoms with van der Waals surface area (Å²) in [5.41, 5.74) is 1.40. The minimum absolute atomic E-state index is 0.226. The quantitative estimate of drug-likeness (QED) is 0.832. The first-order valence-corrected chi connectivity index (χ1v) is 8.31. The fraction of sp³-hybridized carbons (Fsp3) is 0.667. The van der Waals surface area contributed by atoms with Crippen LogP contribution in [-0.2, 0) is 0 Å². The number of likely N-dealkylation sites (tertiary alicyclic amines) is 1. The zero-order chi connectivity index (χ0) is 15.2. The van der Waals surface area contributed by atoms with Gasteiger partial charge in [-0.2, -0.15) is 0 Å². The molecule has 0 bridgehead atoms. The molecule has 0 spiro atoms. The summed E-state index contributed by atoms with van der Waals surface area (Å²) in [6, 6.07) is 9.21. The lowest BCUT2D eigenvalue weighted by Gasteiger charge is -2.29. The molecule has 2 atom stereocenters. The second-order valence-corrected chi connectivity index (χ2v) is 6.33. The van der Waals surface area contributed by atoms with Gasteiger partial charge in [-0.05, 0) is 77.0 Å². The smallest absolute Gasteiger partial charge is 0.120 e. The van der Waals surface area contributed by atoms with E-state index >= 15 is 0 Å². The number of nitrogens with zero attached hydrogens (tertiary/aromatic N) is 1. The molecule has 118 valence electrons. The van der Waals surface area contributed by atoms with Crippen molar-refractivity contribution in [2.75, 3.05) is 26.7 Å². The maximum absolute atomic E-state index is 5.87. The van der Waals surface area contributed by atoms with Crippen molar-refractivity contribution in [2.45, 2.75) is 45.8 Å². The first kappa shape index (κ1) is 16.3. The van der Waals surface area contributed by atoms with E-state index in [2.05, 4.69) is 62.3 Å². The van der Waals surface area contributed by atoms with E-state index < -0.39 is 0 Å². The number of hydrogen-bond donors (Lipinski definition) is 1. The molecule has 21 heavy (non-hydrogen) atoms. The molecular weight excluding hydrogens is 260 g/mol. The van der Waals surface area contributed by atoms with E-state index in [1.807, 2.05) is 0 Å². The Labute approximate surface area is 129 Å². The van der Waals surface area contributed by atoms with Crippen LogP contribution in [0.4, 0.5) is 0 Å². The second-order valence-electron chi connectivity index (χ2n) is 6.33. The predicted molar refractivity (Wildman–Crippen MR) is 88.8 cm³/mol. The summed E-state index contributed by atoms with van der Waals surface area (Å²) in [5, 5.41) is 3.36. The average Bonchev–Trinajstić information content (AvgIpc) is 2.82. The summed E-state index contributed by atoms with van der Waals surface area (Å²) >= 11 is 0. The van der Waals surface area contributed by atoms with E-state index in [9.17, 15) is 0 Å². The van der Waals surface area contributed by atoms with Crippen LogP contribution in [-0.4, -0.2) is 37.7 Å². The van der Waals surface area contributed by atoms with Crippen LogP contribution in [0.5, 0.6) is 5.75 Å². The van der Waals surface area contributed by atoms with Gasteiger partial charge >= 0.3 is 0 Å². The molecular formula is C18H30N2O. The number of ether oxygens (including phenoxy) is 1. The fourth-order valence-corrected chi connectivity index (χ4v) is 3.47. The molecule has 1 aromatic carbocycles. The van der Waals surface area contributed by atoms with Crippen LogP contribution in [0.25, 0.3) is 0 Å². The molecule has 1 saturated heterocycles. The lowest BCUT2D eigenvalue weighted by molar-refractivity contribution is 0.223.